The van der Waals surface area contributed by atoms with Gasteiger partial charge in [0.25, 0.3) is 0 Å². The van der Waals surface area contributed by atoms with Gasteiger partial charge in [0.05, 0.1) is 5.69 Å². The maximum atomic E-state index is 4.39. The van der Waals surface area contributed by atoms with Crippen LogP contribution in [-0.4, -0.2) is 24.6 Å². The molecule has 3 heterocycles. The lowest BCUT2D eigenvalue weighted by molar-refractivity contribution is 1.10. The minimum absolute atomic E-state index is 0.760. The van der Waals surface area contributed by atoms with Crippen LogP contribution in [0.15, 0.2) is 24.7 Å². The summed E-state index contributed by atoms with van der Waals surface area (Å²) in [6.07, 6.45) is 3.39. The molecule has 3 rings (SSSR count). The normalized spacial score (nSPS) is 11.2. The molecule has 68 valence electrons. The van der Waals surface area contributed by atoms with Gasteiger partial charge in [-0.1, -0.05) is 0 Å². The summed E-state index contributed by atoms with van der Waals surface area (Å²) in [6, 6.07) is 3.79. The molecule has 0 aliphatic rings. The zero-order valence-electron chi connectivity index (χ0n) is 7.55. The van der Waals surface area contributed by atoms with E-state index in [1.165, 1.54) is 0 Å². The van der Waals surface area contributed by atoms with E-state index in [2.05, 4.69) is 20.2 Å². The number of pyridine rings is 1. The van der Waals surface area contributed by atoms with Gasteiger partial charge in [0.15, 0.2) is 11.3 Å². The molecule has 0 bridgehead atoms. The van der Waals surface area contributed by atoms with Gasteiger partial charge >= 0.3 is 0 Å². The predicted molar refractivity (Wildman–Crippen MR) is 50.8 cm³/mol. The lowest BCUT2D eigenvalue weighted by Gasteiger charge is -2.00. The highest BCUT2D eigenvalue weighted by Gasteiger charge is 2.06. The minimum atomic E-state index is 0.760. The molecule has 5 heteroatoms. The zero-order valence-corrected chi connectivity index (χ0v) is 7.55. The molecular weight excluding hydrogens is 178 g/mol. The van der Waals surface area contributed by atoms with E-state index in [1.54, 1.807) is 12.5 Å². The number of hydrogen-bond acceptors (Lipinski definition) is 4. The third-order valence-electron chi connectivity index (χ3n) is 2.15. The van der Waals surface area contributed by atoms with Crippen molar-refractivity contribution in [1.82, 2.24) is 24.6 Å². The van der Waals surface area contributed by atoms with Crippen LogP contribution in [0.3, 0.4) is 0 Å². The summed E-state index contributed by atoms with van der Waals surface area (Å²) in [5, 5.41) is 7.82. The summed E-state index contributed by atoms with van der Waals surface area (Å²) >= 11 is 0. The Morgan fingerprint density at radius 1 is 1.29 bits per heavy atom. The first-order chi connectivity index (χ1) is 6.86. The van der Waals surface area contributed by atoms with Crippen LogP contribution < -0.4 is 0 Å². The Labute approximate surface area is 79.4 Å². The summed E-state index contributed by atoms with van der Waals surface area (Å²) in [7, 11) is 0. The van der Waals surface area contributed by atoms with E-state index in [1.807, 2.05) is 23.5 Å². The van der Waals surface area contributed by atoms with Crippen LogP contribution in [0.1, 0.15) is 5.69 Å². The van der Waals surface area contributed by atoms with E-state index in [9.17, 15) is 0 Å². The van der Waals surface area contributed by atoms with Crippen molar-refractivity contribution < 1.29 is 0 Å². The molecule has 0 amide bonds. The molecule has 3 aromatic heterocycles. The van der Waals surface area contributed by atoms with Crippen LogP contribution in [-0.2, 0) is 0 Å². The fourth-order valence-electron chi connectivity index (χ4n) is 1.53. The SMILES string of the molecule is Cc1nc2cccnc2n2cnnc12. The predicted octanol–water partition coefficient (Wildman–Crippen LogP) is 0.981. The Hall–Kier alpha value is -2.04. The zero-order chi connectivity index (χ0) is 9.54. The molecule has 0 aliphatic heterocycles. The molecular formula is C9H7N5. The second kappa shape index (κ2) is 2.47. The van der Waals surface area contributed by atoms with Gasteiger partial charge in [-0.2, -0.15) is 0 Å². The molecule has 0 aliphatic carbocycles. The van der Waals surface area contributed by atoms with Crippen LogP contribution in [0.5, 0.6) is 0 Å². The van der Waals surface area contributed by atoms with Gasteiger partial charge in [0.2, 0.25) is 0 Å². The van der Waals surface area contributed by atoms with Gasteiger partial charge in [0, 0.05) is 6.20 Å². The monoisotopic (exact) mass is 185 g/mol. The van der Waals surface area contributed by atoms with Crippen LogP contribution in [0.2, 0.25) is 0 Å². The Morgan fingerprint density at radius 3 is 3.14 bits per heavy atom. The third kappa shape index (κ3) is 0.834. The lowest BCUT2D eigenvalue weighted by Crippen LogP contribution is -1.96. The average molecular weight is 185 g/mol. The van der Waals surface area contributed by atoms with E-state index in [0.29, 0.717) is 0 Å². The lowest BCUT2D eigenvalue weighted by atomic mass is 10.4. The molecule has 0 saturated carbocycles. The summed E-state index contributed by atoms with van der Waals surface area (Å²) in [5.74, 6) is 0. The number of hydrogen-bond donors (Lipinski definition) is 0. The molecule has 0 unspecified atom stereocenters. The average Bonchev–Trinajstić information content (AvgIpc) is 2.67. The van der Waals surface area contributed by atoms with E-state index < -0.39 is 0 Å². The second-order valence-electron chi connectivity index (χ2n) is 3.07. The first-order valence-electron chi connectivity index (χ1n) is 4.27. The van der Waals surface area contributed by atoms with Crippen molar-refractivity contribution >= 4 is 16.8 Å². The molecule has 3 aromatic rings. The Bertz CT molecular complexity index is 613. The molecule has 0 saturated heterocycles. The van der Waals surface area contributed by atoms with Gasteiger partial charge in [-0.25, -0.2) is 9.97 Å². The number of aryl methyl sites for hydroxylation is 1. The highest BCUT2D eigenvalue weighted by atomic mass is 15.2. The third-order valence-corrected chi connectivity index (χ3v) is 2.15. The summed E-state index contributed by atoms with van der Waals surface area (Å²) in [6.45, 7) is 1.91. The Morgan fingerprint density at radius 2 is 2.21 bits per heavy atom. The molecule has 14 heavy (non-hydrogen) atoms. The van der Waals surface area contributed by atoms with E-state index in [-0.39, 0.29) is 0 Å². The summed E-state index contributed by atoms with van der Waals surface area (Å²) in [5.41, 5.74) is 3.27. The van der Waals surface area contributed by atoms with Crippen LogP contribution in [0.4, 0.5) is 0 Å². The Balaban J connectivity index is 2.66. The number of rotatable bonds is 0. The maximum absolute atomic E-state index is 4.39. The maximum Gasteiger partial charge on any atom is 0.183 e. The van der Waals surface area contributed by atoms with E-state index in [0.717, 1.165) is 22.5 Å². The van der Waals surface area contributed by atoms with Crippen molar-refractivity contribution in [2.75, 3.05) is 0 Å². The van der Waals surface area contributed by atoms with Crippen molar-refractivity contribution in [2.24, 2.45) is 0 Å². The molecule has 0 fully saturated rings. The number of aromatic nitrogens is 5. The van der Waals surface area contributed by atoms with Gasteiger partial charge in [-0.15, -0.1) is 10.2 Å². The van der Waals surface area contributed by atoms with Crippen molar-refractivity contribution in [3.05, 3.63) is 30.4 Å². The standard InChI is InChI=1S/C9H7N5/c1-6-8-13-11-5-14(8)9-7(12-6)3-2-4-10-9/h2-5H,1H3. The minimum Gasteiger partial charge on any atom is -0.262 e. The van der Waals surface area contributed by atoms with E-state index >= 15 is 0 Å². The quantitative estimate of drug-likeness (QED) is 0.524. The van der Waals surface area contributed by atoms with Crippen LogP contribution in [0, 0.1) is 6.92 Å². The van der Waals surface area contributed by atoms with Crippen molar-refractivity contribution in [3.63, 3.8) is 0 Å². The van der Waals surface area contributed by atoms with Gasteiger partial charge in [0.1, 0.15) is 11.8 Å². The smallest absolute Gasteiger partial charge is 0.183 e. The largest absolute Gasteiger partial charge is 0.262 e. The van der Waals surface area contributed by atoms with Crippen molar-refractivity contribution in [3.8, 4) is 0 Å². The first kappa shape index (κ1) is 7.37. The Kier molecular flexibility index (Phi) is 1.30. The molecule has 5 nitrogen and oxygen atoms in total. The fourth-order valence-corrected chi connectivity index (χ4v) is 1.53. The highest BCUT2D eigenvalue weighted by Crippen LogP contribution is 2.12. The van der Waals surface area contributed by atoms with Gasteiger partial charge in [-0.3, -0.25) is 4.40 Å². The molecule has 0 atom stereocenters. The van der Waals surface area contributed by atoms with Crippen molar-refractivity contribution in [2.45, 2.75) is 6.92 Å². The number of nitrogens with zero attached hydrogens (tertiary/aromatic N) is 5. The summed E-state index contributed by atoms with van der Waals surface area (Å²) in [4.78, 5) is 8.63. The highest BCUT2D eigenvalue weighted by molar-refractivity contribution is 5.73. The molecule has 0 N–H and O–H groups in total. The van der Waals surface area contributed by atoms with Crippen molar-refractivity contribution in [1.29, 1.82) is 0 Å². The fraction of sp³-hybridized carbons (Fsp3) is 0.111. The number of fused-ring (bicyclic) bond motifs is 3. The second-order valence-corrected chi connectivity index (χ2v) is 3.07. The van der Waals surface area contributed by atoms with Crippen LogP contribution in [0.25, 0.3) is 16.8 Å². The van der Waals surface area contributed by atoms with Gasteiger partial charge in [-0.05, 0) is 19.1 Å². The van der Waals surface area contributed by atoms with Crippen LogP contribution >= 0.6 is 0 Å². The molecule has 0 spiro atoms. The van der Waals surface area contributed by atoms with Gasteiger partial charge < -0.3 is 0 Å². The van der Waals surface area contributed by atoms with E-state index in [4.69, 9.17) is 0 Å². The molecule has 0 aromatic carbocycles. The topological polar surface area (TPSA) is 56.0 Å². The summed E-state index contributed by atoms with van der Waals surface area (Å²) < 4.78 is 1.84. The molecule has 0 radical (unpaired) electrons. The first-order valence-corrected chi connectivity index (χ1v) is 4.27.